The van der Waals surface area contributed by atoms with Gasteiger partial charge in [0.15, 0.2) is 5.96 Å². The summed E-state index contributed by atoms with van der Waals surface area (Å²) in [5.41, 5.74) is 0.431. The summed E-state index contributed by atoms with van der Waals surface area (Å²) >= 11 is 1.83. The van der Waals surface area contributed by atoms with Crippen LogP contribution >= 0.6 is 35.7 Å². The first kappa shape index (κ1) is 23.0. The van der Waals surface area contributed by atoms with Crippen molar-refractivity contribution >= 4 is 53.3 Å². The summed E-state index contributed by atoms with van der Waals surface area (Å²) in [5.74, 6) is 1.10. The molecule has 0 spiro atoms. The molecule has 0 aromatic heterocycles. The van der Waals surface area contributed by atoms with Crippen LogP contribution < -0.4 is 16.0 Å². The topological polar surface area (TPSA) is 65.5 Å². The van der Waals surface area contributed by atoms with Gasteiger partial charge in [0.2, 0.25) is 5.91 Å². The Labute approximate surface area is 164 Å². The predicted molar refractivity (Wildman–Crippen MR) is 112 cm³/mol. The van der Waals surface area contributed by atoms with E-state index < -0.39 is 0 Å². The third-order valence-corrected chi connectivity index (χ3v) is 3.60. The van der Waals surface area contributed by atoms with Crippen LogP contribution in [0.4, 0.5) is 10.1 Å². The zero-order valence-electron chi connectivity index (χ0n) is 14.1. The molecular weight excluding hydrogens is 442 g/mol. The fraction of sp³-hybridized carbons (Fsp3) is 0.500. The normalized spacial score (nSPS) is 10.7. The van der Waals surface area contributed by atoms with Crippen LogP contribution in [0.5, 0.6) is 0 Å². The van der Waals surface area contributed by atoms with Crippen LogP contribution in [-0.2, 0) is 4.79 Å². The van der Waals surface area contributed by atoms with Crippen LogP contribution in [0.2, 0.25) is 0 Å². The van der Waals surface area contributed by atoms with E-state index in [1.54, 1.807) is 12.1 Å². The first-order valence-corrected chi connectivity index (χ1v) is 9.11. The molecule has 0 bridgehead atoms. The molecule has 0 aliphatic carbocycles. The van der Waals surface area contributed by atoms with E-state index in [0.717, 1.165) is 31.7 Å². The number of anilines is 1. The Morgan fingerprint density at radius 3 is 2.75 bits per heavy atom. The standard InChI is InChI=1S/C16H25FN4OS.HI/c1-3-18-16(19-9-4-5-10-23-2)20-12-15(22)21-14-8-6-7-13(17)11-14;/h6-8,11H,3-5,9-10,12H2,1-2H3,(H,21,22)(H2,18,19,20);1H. The van der Waals surface area contributed by atoms with Crippen molar-refractivity contribution in [3.05, 3.63) is 30.1 Å². The van der Waals surface area contributed by atoms with Gasteiger partial charge in [0.25, 0.3) is 0 Å². The zero-order valence-corrected chi connectivity index (χ0v) is 17.2. The number of rotatable bonds is 9. The molecule has 24 heavy (non-hydrogen) atoms. The largest absolute Gasteiger partial charge is 0.357 e. The third-order valence-electron chi connectivity index (χ3n) is 2.90. The molecule has 1 rings (SSSR count). The third kappa shape index (κ3) is 10.7. The molecule has 1 amide bonds. The van der Waals surface area contributed by atoms with Gasteiger partial charge in [-0.05, 0) is 50.0 Å². The molecule has 0 radical (unpaired) electrons. The van der Waals surface area contributed by atoms with Crippen LogP contribution in [0.25, 0.3) is 0 Å². The fourth-order valence-corrected chi connectivity index (χ4v) is 2.33. The molecular formula is C16H26FIN4OS. The number of carbonyl (C=O) groups is 1. The van der Waals surface area contributed by atoms with Crippen molar-refractivity contribution in [2.75, 3.05) is 37.0 Å². The number of carbonyl (C=O) groups excluding carboxylic acids is 1. The molecule has 0 saturated carbocycles. The van der Waals surface area contributed by atoms with Crippen molar-refractivity contribution in [1.29, 1.82) is 0 Å². The number of hydrogen-bond donors (Lipinski definition) is 3. The molecule has 0 saturated heterocycles. The van der Waals surface area contributed by atoms with Gasteiger partial charge in [-0.25, -0.2) is 9.38 Å². The lowest BCUT2D eigenvalue weighted by molar-refractivity contribution is -0.114. The number of aliphatic imine (C=N–C) groups is 1. The molecule has 0 aliphatic rings. The van der Waals surface area contributed by atoms with Crippen molar-refractivity contribution in [3.63, 3.8) is 0 Å². The summed E-state index contributed by atoms with van der Waals surface area (Å²) in [6.07, 6.45) is 4.30. The smallest absolute Gasteiger partial charge is 0.246 e. The Morgan fingerprint density at radius 1 is 1.29 bits per heavy atom. The lowest BCUT2D eigenvalue weighted by Crippen LogP contribution is -2.38. The summed E-state index contributed by atoms with van der Waals surface area (Å²) in [6, 6.07) is 5.79. The van der Waals surface area contributed by atoms with Crippen molar-refractivity contribution in [2.24, 2.45) is 4.99 Å². The molecule has 3 N–H and O–H groups in total. The van der Waals surface area contributed by atoms with Crippen LogP contribution in [0, 0.1) is 5.82 Å². The highest BCUT2D eigenvalue weighted by Crippen LogP contribution is 2.08. The maximum atomic E-state index is 13.1. The summed E-state index contributed by atoms with van der Waals surface area (Å²) in [5, 5.41) is 8.91. The SMILES string of the molecule is CCNC(=NCC(=O)Nc1cccc(F)c1)NCCCCSC.I. The lowest BCUT2D eigenvalue weighted by atomic mass is 10.3. The lowest BCUT2D eigenvalue weighted by Gasteiger charge is -2.11. The number of hydrogen-bond acceptors (Lipinski definition) is 3. The number of nitrogens with zero attached hydrogens (tertiary/aromatic N) is 1. The molecule has 0 fully saturated rings. The van der Waals surface area contributed by atoms with Gasteiger partial charge in [0.1, 0.15) is 12.4 Å². The minimum absolute atomic E-state index is 0. The number of thioether (sulfide) groups is 1. The van der Waals surface area contributed by atoms with E-state index in [4.69, 9.17) is 0 Å². The summed E-state index contributed by atoms with van der Waals surface area (Å²) < 4.78 is 13.1. The van der Waals surface area contributed by atoms with Crippen LogP contribution in [0.3, 0.4) is 0 Å². The Bertz CT molecular complexity index is 517. The molecule has 8 heteroatoms. The number of guanidine groups is 1. The van der Waals surface area contributed by atoms with Crippen molar-refractivity contribution in [3.8, 4) is 0 Å². The Morgan fingerprint density at radius 2 is 2.08 bits per heavy atom. The van der Waals surface area contributed by atoms with Crippen LogP contribution in [0.1, 0.15) is 19.8 Å². The van der Waals surface area contributed by atoms with Crippen LogP contribution in [0.15, 0.2) is 29.3 Å². The molecule has 5 nitrogen and oxygen atoms in total. The number of benzene rings is 1. The molecule has 0 atom stereocenters. The van der Waals surface area contributed by atoms with E-state index in [0.29, 0.717) is 11.6 Å². The van der Waals surface area contributed by atoms with Gasteiger partial charge in [-0.3, -0.25) is 4.79 Å². The first-order chi connectivity index (χ1) is 11.2. The maximum absolute atomic E-state index is 13.1. The molecule has 0 unspecified atom stereocenters. The van der Waals surface area contributed by atoms with E-state index >= 15 is 0 Å². The highest BCUT2D eigenvalue weighted by atomic mass is 127. The predicted octanol–water partition coefficient (Wildman–Crippen LogP) is 3.08. The first-order valence-electron chi connectivity index (χ1n) is 7.72. The second kappa shape index (κ2) is 14.3. The summed E-state index contributed by atoms with van der Waals surface area (Å²) in [6.45, 7) is 3.49. The highest BCUT2D eigenvalue weighted by Gasteiger charge is 2.03. The van der Waals surface area contributed by atoms with Gasteiger partial charge in [0.05, 0.1) is 0 Å². The fourth-order valence-electron chi connectivity index (χ4n) is 1.84. The van der Waals surface area contributed by atoms with E-state index in [9.17, 15) is 9.18 Å². The van der Waals surface area contributed by atoms with Crippen molar-refractivity contribution in [2.45, 2.75) is 19.8 Å². The minimum Gasteiger partial charge on any atom is -0.357 e. The molecule has 136 valence electrons. The van der Waals surface area contributed by atoms with Gasteiger partial charge in [-0.15, -0.1) is 24.0 Å². The van der Waals surface area contributed by atoms with Gasteiger partial charge >= 0.3 is 0 Å². The number of amides is 1. The molecule has 1 aromatic carbocycles. The maximum Gasteiger partial charge on any atom is 0.246 e. The molecule has 0 heterocycles. The number of nitrogens with one attached hydrogen (secondary N) is 3. The van der Waals surface area contributed by atoms with Crippen LogP contribution in [-0.4, -0.2) is 43.5 Å². The van der Waals surface area contributed by atoms with Gasteiger partial charge in [-0.1, -0.05) is 6.07 Å². The van der Waals surface area contributed by atoms with E-state index in [1.165, 1.54) is 12.1 Å². The second-order valence-electron chi connectivity index (χ2n) is 4.88. The monoisotopic (exact) mass is 468 g/mol. The minimum atomic E-state index is -0.383. The summed E-state index contributed by atoms with van der Waals surface area (Å²) in [4.78, 5) is 16.1. The Hall–Kier alpha value is -1.03. The van der Waals surface area contributed by atoms with Crippen molar-refractivity contribution < 1.29 is 9.18 Å². The highest BCUT2D eigenvalue weighted by molar-refractivity contribution is 14.0. The Kier molecular flexibility index (Phi) is 13.7. The van der Waals surface area contributed by atoms with E-state index in [1.807, 2.05) is 18.7 Å². The summed E-state index contributed by atoms with van der Waals surface area (Å²) in [7, 11) is 0. The van der Waals surface area contributed by atoms with Gasteiger partial charge in [0, 0.05) is 18.8 Å². The van der Waals surface area contributed by atoms with Crippen molar-refractivity contribution in [1.82, 2.24) is 10.6 Å². The second-order valence-corrected chi connectivity index (χ2v) is 5.87. The number of halogens is 2. The Balaban J connectivity index is 0.00000529. The quantitative estimate of drug-likeness (QED) is 0.226. The van der Waals surface area contributed by atoms with Gasteiger partial charge < -0.3 is 16.0 Å². The zero-order chi connectivity index (χ0) is 16.9. The van der Waals surface area contributed by atoms with E-state index in [-0.39, 0.29) is 42.2 Å². The average molecular weight is 468 g/mol. The number of unbranched alkanes of at least 4 members (excludes halogenated alkanes) is 1. The average Bonchev–Trinajstić information content (AvgIpc) is 2.52. The van der Waals surface area contributed by atoms with E-state index in [2.05, 4.69) is 27.2 Å². The van der Waals surface area contributed by atoms with Gasteiger partial charge in [-0.2, -0.15) is 11.8 Å². The molecule has 0 aliphatic heterocycles. The molecule has 1 aromatic rings.